The van der Waals surface area contributed by atoms with E-state index in [1.807, 2.05) is 39.6 Å². The van der Waals surface area contributed by atoms with E-state index < -0.39 is 0 Å². The fourth-order valence-electron chi connectivity index (χ4n) is 5.13. The molecule has 3 heterocycles. The zero-order valence-corrected chi connectivity index (χ0v) is 22.2. The molecule has 0 saturated heterocycles. The molecule has 10 nitrogen and oxygen atoms in total. The minimum absolute atomic E-state index is 0.0403. The molecule has 0 amide bonds. The normalized spacial score (nSPS) is 18.8. The molecule has 1 N–H and O–H groups in total. The Balaban J connectivity index is 1.63. The van der Waals surface area contributed by atoms with Crippen LogP contribution in [0.5, 0.6) is 0 Å². The number of hydrogen-bond acceptors (Lipinski definition) is 9. The maximum atomic E-state index is 13.0. The van der Waals surface area contributed by atoms with E-state index in [4.69, 9.17) is 9.25 Å². The van der Waals surface area contributed by atoms with Crippen molar-refractivity contribution < 1.29 is 9.25 Å². The highest BCUT2D eigenvalue weighted by molar-refractivity contribution is 5.92. The molecule has 4 rings (SSSR count). The van der Waals surface area contributed by atoms with Crippen molar-refractivity contribution in [3.05, 3.63) is 51.6 Å². The summed E-state index contributed by atoms with van der Waals surface area (Å²) in [6.45, 7) is 7.88. The summed E-state index contributed by atoms with van der Waals surface area (Å²) >= 11 is 0. The van der Waals surface area contributed by atoms with Crippen LogP contribution < -0.4 is 15.9 Å². The molecule has 1 atom stereocenters. The van der Waals surface area contributed by atoms with Crippen molar-refractivity contribution in [1.82, 2.24) is 20.0 Å². The highest BCUT2D eigenvalue weighted by Gasteiger charge is 2.35. The lowest BCUT2D eigenvalue weighted by atomic mass is 9.80. The van der Waals surface area contributed by atoms with Gasteiger partial charge in [-0.2, -0.15) is 16.0 Å². The third-order valence-corrected chi connectivity index (χ3v) is 7.12. The van der Waals surface area contributed by atoms with Crippen molar-refractivity contribution in [2.45, 2.75) is 71.1 Å². The lowest BCUT2D eigenvalue weighted by Gasteiger charge is -2.39. The quantitative estimate of drug-likeness (QED) is 0.495. The summed E-state index contributed by atoms with van der Waals surface area (Å²) < 4.78 is 6.90. The first-order chi connectivity index (χ1) is 17.6. The van der Waals surface area contributed by atoms with Gasteiger partial charge in [-0.1, -0.05) is 0 Å². The number of nitriles is 2. The molecule has 1 unspecified atom stereocenters. The number of nitrogens with one attached hydrogen (secondary N) is 1. The molecule has 1 saturated carbocycles. The van der Waals surface area contributed by atoms with Crippen LogP contribution >= 0.6 is 0 Å². The predicted octanol–water partition coefficient (Wildman–Crippen LogP) is 4.03. The number of hydrogen-bond donors (Lipinski definition) is 1. The van der Waals surface area contributed by atoms with Crippen LogP contribution in [0.15, 0.2) is 27.7 Å². The molecule has 37 heavy (non-hydrogen) atoms. The largest absolute Gasteiger partial charge is 0.448 e. The Labute approximate surface area is 216 Å². The van der Waals surface area contributed by atoms with Gasteiger partial charge in [-0.05, 0) is 71.4 Å². The number of nitrogens with zero attached hydrogens (tertiary/aromatic N) is 6. The van der Waals surface area contributed by atoms with Crippen LogP contribution in [0.1, 0.15) is 75.2 Å². The number of anilines is 1. The summed E-state index contributed by atoms with van der Waals surface area (Å²) in [5.74, 6) is 1.02. The number of aryl methyl sites for hydroxylation is 2. The summed E-state index contributed by atoms with van der Waals surface area (Å²) in [6, 6.07) is 7.42. The standard InChI is InChI=1S/C27H33N7O3/c1-16-22(30-15-36-16)23(32-37-27(2,3)4)17-7-10-19(11-8-17)33(5)25-20(14-29)26(35)34(6)21-12-9-18(13-28)31-24(21)25/h9,12,15,17,19,23,32H,7-8,10-11H2,1-6H3. The fraction of sp³-hybridized carbons (Fsp3) is 0.519. The Morgan fingerprint density at radius 3 is 2.49 bits per heavy atom. The predicted molar refractivity (Wildman–Crippen MR) is 139 cm³/mol. The molecule has 3 aromatic heterocycles. The van der Waals surface area contributed by atoms with Crippen LogP contribution in [0.3, 0.4) is 0 Å². The molecular formula is C27H33N7O3. The smallest absolute Gasteiger partial charge is 0.270 e. The molecule has 0 aliphatic heterocycles. The molecular weight excluding hydrogens is 470 g/mol. The molecule has 0 radical (unpaired) electrons. The monoisotopic (exact) mass is 503 g/mol. The van der Waals surface area contributed by atoms with Crippen molar-refractivity contribution in [2.75, 3.05) is 11.9 Å². The maximum Gasteiger partial charge on any atom is 0.270 e. The summed E-state index contributed by atoms with van der Waals surface area (Å²) in [4.78, 5) is 29.9. The number of pyridine rings is 2. The first kappa shape index (κ1) is 26.3. The van der Waals surface area contributed by atoms with E-state index in [2.05, 4.69) is 27.6 Å². The lowest BCUT2D eigenvalue weighted by Crippen LogP contribution is -2.41. The van der Waals surface area contributed by atoms with Gasteiger partial charge in [0.05, 0.1) is 22.8 Å². The molecule has 0 aromatic carbocycles. The van der Waals surface area contributed by atoms with Crippen LogP contribution in [0.2, 0.25) is 0 Å². The zero-order valence-electron chi connectivity index (χ0n) is 22.2. The van der Waals surface area contributed by atoms with Gasteiger partial charge in [0.25, 0.3) is 5.56 Å². The van der Waals surface area contributed by atoms with Gasteiger partial charge in [0.1, 0.15) is 40.4 Å². The molecule has 194 valence electrons. The van der Waals surface area contributed by atoms with E-state index in [-0.39, 0.29) is 40.4 Å². The van der Waals surface area contributed by atoms with Gasteiger partial charge in [-0.25, -0.2) is 9.97 Å². The number of oxazole rings is 1. The third-order valence-electron chi connectivity index (χ3n) is 7.12. The number of rotatable bonds is 6. The second-order valence-electron chi connectivity index (χ2n) is 10.7. The van der Waals surface area contributed by atoms with E-state index in [0.717, 1.165) is 37.1 Å². The molecule has 1 fully saturated rings. The highest BCUT2D eigenvalue weighted by atomic mass is 16.7. The Morgan fingerprint density at radius 2 is 1.92 bits per heavy atom. The first-order valence-electron chi connectivity index (χ1n) is 12.5. The van der Waals surface area contributed by atoms with Crippen molar-refractivity contribution in [2.24, 2.45) is 13.0 Å². The number of hydroxylamine groups is 1. The number of aromatic nitrogens is 3. The average molecular weight is 504 g/mol. The zero-order chi connectivity index (χ0) is 26.9. The van der Waals surface area contributed by atoms with Crippen molar-refractivity contribution in [3.63, 3.8) is 0 Å². The second-order valence-corrected chi connectivity index (χ2v) is 10.7. The summed E-state index contributed by atoms with van der Waals surface area (Å²) in [5.41, 5.74) is 5.20. The van der Waals surface area contributed by atoms with Crippen molar-refractivity contribution in [3.8, 4) is 12.1 Å². The molecule has 1 aliphatic rings. The van der Waals surface area contributed by atoms with Gasteiger partial charge >= 0.3 is 0 Å². The molecule has 0 bridgehead atoms. The molecule has 10 heteroatoms. The second kappa shape index (κ2) is 10.3. The van der Waals surface area contributed by atoms with Crippen LogP contribution in [0, 0.1) is 35.5 Å². The van der Waals surface area contributed by atoms with Gasteiger partial charge in [0.2, 0.25) is 0 Å². The van der Waals surface area contributed by atoms with E-state index >= 15 is 0 Å². The average Bonchev–Trinajstić information content (AvgIpc) is 3.30. The fourth-order valence-corrected chi connectivity index (χ4v) is 5.13. The first-order valence-corrected chi connectivity index (χ1v) is 12.5. The number of fused-ring (bicyclic) bond motifs is 1. The van der Waals surface area contributed by atoms with Gasteiger partial charge in [-0.15, -0.1) is 0 Å². The van der Waals surface area contributed by atoms with Crippen LogP contribution in [-0.4, -0.2) is 33.2 Å². The molecule has 3 aromatic rings. The van der Waals surface area contributed by atoms with Crippen LogP contribution in [-0.2, 0) is 11.9 Å². The topological polar surface area (TPSA) is 133 Å². The van der Waals surface area contributed by atoms with Crippen molar-refractivity contribution in [1.29, 1.82) is 10.5 Å². The maximum absolute atomic E-state index is 13.0. The van der Waals surface area contributed by atoms with E-state index in [9.17, 15) is 15.3 Å². The third kappa shape index (κ3) is 5.22. The minimum Gasteiger partial charge on any atom is -0.448 e. The van der Waals surface area contributed by atoms with Crippen LogP contribution in [0.25, 0.3) is 11.0 Å². The molecule has 0 spiro atoms. The van der Waals surface area contributed by atoms with E-state index in [1.165, 1.54) is 11.0 Å². The van der Waals surface area contributed by atoms with E-state index in [0.29, 0.717) is 16.7 Å². The lowest BCUT2D eigenvalue weighted by molar-refractivity contribution is -0.100. The Bertz CT molecular complexity index is 1430. The Morgan fingerprint density at radius 1 is 1.22 bits per heavy atom. The summed E-state index contributed by atoms with van der Waals surface area (Å²) in [6.07, 6.45) is 4.90. The van der Waals surface area contributed by atoms with Gasteiger partial charge < -0.3 is 13.9 Å². The van der Waals surface area contributed by atoms with E-state index in [1.54, 1.807) is 19.2 Å². The molecule has 1 aliphatic carbocycles. The Kier molecular flexibility index (Phi) is 7.35. The van der Waals surface area contributed by atoms with Gasteiger partial charge in [0.15, 0.2) is 6.39 Å². The SMILES string of the molecule is Cc1ocnc1C(NOC(C)(C)C)C1CCC(N(C)c2c(C#N)c(=O)n(C)c3ccc(C#N)nc23)CC1. The highest BCUT2D eigenvalue weighted by Crippen LogP contribution is 2.39. The minimum atomic E-state index is -0.373. The Hall–Kier alpha value is -3.73. The summed E-state index contributed by atoms with van der Waals surface area (Å²) in [7, 11) is 3.52. The van der Waals surface area contributed by atoms with Crippen molar-refractivity contribution >= 4 is 16.7 Å². The summed E-state index contributed by atoms with van der Waals surface area (Å²) in [5, 5.41) is 19.3. The van der Waals surface area contributed by atoms with Crippen LogP contribution in [0.4, 0.5) is 5.69 Å². The van der Waals surface area contributed by atoms with Gasteiger partial charge in [-0.3, -0.25) is 9.63 Å². The van der Waals surface area contributed by atoms with Gasteiger partial charge in [0, 0.05) is 20.1 Å².